The molecule has 0 radical (unpaired) electrons. The summed E-state index contributed by atoms with van der Waals surface area (Å²) < 4.78 is 0. The van der Waals surface area contributed by atoms with E-state index in [0.717, 1.165) is 28.1 Å². The Balaban J connectivity index is 2.05. The molecular weight excluding hydrogens is 260 g/mol. The third-order valence-corrected chi connectivity index (χ3v) is 3.27. The molecule has 4 nitrogen and oxygen atoms in total. The third-order valence-electron chi connectivity index (χ3n) is 3.27. The van der Waals surface area contributed by atoms with Gasteiger partial charge in [0.15, 0.2) is 0 Å². The van der Waals surface area contributed by atoms with Gasteiger partial charge in [-0.05, 0) is 5.56 Å². The highest BCUT2D eigenvalue weighted by Crippen LogP contribution is 2.28. The molecular formula is C17H14N4. The molecule has 3 aromatic rings. The van der Waals surface area contributed by atoms with Crippen LogP contribution in [0.4, 0.5) is 0 Å². The number of hydrogen-bond donors (Lipinski definition) is 0. The van der Waals surface area contributed by atoms with E-state index in [1.54, 1.807) is 4.80 Å². The van der Waals surface area contributed by atoms with E-state index in [9.17, 15) is 0 Å². The maximum atomic E-state index is 8.73. The molecule has 1 aromatic heterocycles. The maximum Gasteiger partial charge on any atom is 0.121 e. The molecule has 3 rings (SSSR count). The van der Waals surface area contributed by atoms with Crippen LogP contribution in [0.1, 0.15) is 5.56 Å². The van der Waals surface area contributed by atoms with Crippen molar-refractivity contribution >= 4 is 0 Å². The van der Waals surface area contributed by atoms with Crippen LogP contribution in [0.5, 0.6) is 0 Å². The van der Waals surface area contributed by atoms with Gasteiger partial charge in [0.1, 0.15) is 11.4 Å². The summed E-state index contributed by atoms with van der Waals surface area (Å²) in [7, 11) is 1.82. The van der Waals surface area contributed by atoms with Gasteiger partial charge in [0.05, 0.1) is 12.5 Å². The SMILES string of the molecule is Cn1nc(-c2ccccc2)c(-c2ccc(CC#N)cc2)n1. The molecule has 0 bridgehead atoms. The number of aromatic nitrogens is 3. The van der Waals surface area contributed by atoms with Crippen LogP contribution < -0.4 is 0 Å². The van der Waals surface area contributed by atoms with E-state index in [1.165, 1.54) is 0 Å². The lowest BCUT2D eigenvalue weighted by molar-refractivity contribution is 0.657. The predicted molar refractivity (Wildman–Crippen MR) is 81.2 cm³/mol. The van der Waals surface area contributed by atoms with E-state index in [2.05, 4.69) is 16.3 Å². The van der Waals surface area contributed by atoms with E-state index in [1.807, 2.05) is 61.6 Å². The van der Waals surface area contributed by atoms with Crippen LogP contribution in [-0.2, 0) is 13.5 Å². The van der Waals surface area contributed by atoms with Gasteiger partial charge in [0.2, 0.25) is 0 Å². The Labute approximate surface area is 123 Å². The average molecular weight is 274 g/mol. The number of aryl methyl sites for hydroxylation is 1. The first-order chi connectivity index (χ1) is 10.3. The monoisotopic (exact) mass is 274 g/mol. The first-order valence-corrected chi connectivity index (χ1v) is 6.71. The van der Waals surface area contributed by atoms with Gasteiger partial charge in [-0.25, -0.2) is 0 Å². The summed E-state index contributed by atoms with van der Waals surface area (Å²) in [4.78, 5) is 1.58. The molecule has 0 amide bonds. The molecule has 0 atom stereocenters. The van der Waals surface area contributed by atoms with Gasteiger partial charge >= 0.3 is 0 Å². The van der Waals surface area contributed by atoms with Crippen LogP contribution in [0.15, 0.2) is 54.6 Å². The van der Waals surface area contributed by atoms with Gasteiger partial charge in [-0.2, -0.15) is 20.3 Å². The van der Waals surface area contributed by atoms with Crippen LogP contribution in [0, 0.1) is 11.3 Å². The summed E-state index contributed by atoms with van der Waals surface area (Å²) in [6.45, 7) is 0. The highest BCUT2D eigenvalue weighted by Gasteiger charge is 2.13. The van der Waals surface area contributed by atoms with Crippen LogP contribution in [0.3, 0.4) is 0 Å². The number of hydrogen-bond acceptors (Lipinski definition) is 3. The normalized spacial score (nSPS) is 10.3. The molecule has 0 unspecified atom stereocenters. The molecule has 0 aliphatic heterocycles. The maximum absolute atomic E-state index is 8.73. The van der Waals surface area contributed by atoms with Gasteiger partial charge in [-0.1, -0.05) is 54.6 Å². The Hall–Kier alpha value is -2.93. The molecule has 0 aliphatic carbocycles. The third kappa shape index (κ3) is 2.67. The Bertz CT molecular complexity index is 780. The minimum Gasteiger partial charge on any atom is -0.198 e. The van der Waals surface area contributed by atoms with Crippen molar-refractivity contribution in [3.8, 4) is 28.6 Å². The molecule has 0 saturated heterocycles. The van der Waals surface area contributed by atoms with Crippen LogP contribution in [0.2, 0.25) is 0 Å². The minimum atomic E-state index is 0.423. The van der Waals surface area contributed by atoms with Gasteiger partial charge < -0.3 is 0 Å². The van der Waals surface area contributed by atoms with Crippen molar-refractivity contribution in [3.05, 3.63) is 60.2 Å². The molecule has 1 heterocycles. The number of benzene rings is 2. The molecule has 0 aliphatic rings. The molecule has 0 fully saturated rings. The fourth-order valence-corrected chi connectivity index (χ4v) is 2.26. The Kier molecular flexibility index (Phi) is 3.48. The van der Waals surface area contributed by atoms with E-state index in [4.69, 9.17) is 5.26 Å². The van der Waals surface area contributed by atoms with Gasteiger partial charge in [0, 0.05) is 18.2 Å². The summed E-state index contributed by atoms with van der Waals surface area (Å²) in [5, 5.41) is 17.7. The summed E-state index contributed by atoms with van der Waals surface area (Å²) in [6, 6.07) is 20.1. The second-order valence-electron chi connectivity index (χ2n) is 4.78. The summed E-state index contributed by atoms with van der Waals surface area (Å²) in [5.74, 6) is 0. The van der Waals surface area contributed by atoms with E-state index in [-0.39, 0.29) is 0 Å². The topological polar surface area (TPSA) is 54.5 Å². The Morgan fingerprint density at radius 1 is 0.905 bits per heavy atom. The van der Waals surface area contributed by atoms with Gasteiger partial charge in [0.25, 0.3) is 0 Å². The van der Waals surface area contributed by atoms with E-state index in [0.29, 0.717) is 6.42 Å². The molecule has 21 heavy (non-hydrogen) atoms. The zero-order chi connectivity index (χ0) is 14.7. The van der Waals surface area contributed by atoms with Crippen molar-refractivity contribution in [2.24, 2.45) is 7.05 Å². The summed E-state index contributed by atoms with van der Waals surface area (Å²) in [6.07, 6.45) is 0.423. The molecule has 2 aromatic carbocycles. The van der Waals surface area contributed by atoms with Crippen LogP contribution in [0.25, 0.3) is 22.5 Å². The van der Waals surface area contributed by atoms with Crippen molar-refractivity contribution in [1.82, 2.24) is 15.0 Å². The number of nitriles is 1. The van der Waals surface area contributed by atoms with Crippen molar-refractivity contribution in [3.63, 3.8) is 0 Å². The first-order valence-electron chi connectivity index (χ1n) is 6.71. The van der Waals surface area contributed by atoms with E-state index >= 15 is 0 Å². The lowest BCUT2D eigenvalue weighted by Gasteiger charge is -2.02. The number of rotatable bonds is 3. The summed E-state index contributed by atoms with van der Waals surface area (Å²) >= 11 is 0. The van der Waals surface area contributed by atoms with Gasteiger partial charge in [-0.15, -0.1) is 0 Å². The highest BCUT2D eigenvalue weighted by atomic mass is 15.5. The van der Waals surface area contributed by atoms with E-state index < -0.39 is 0 Å². The second kappa shape index (κ2) is 5.59. The summed E-state index contributed by atoms with van der Waals surface area (Å²) in [5.41, 5.74) is 4.77. The minimum absolute atomic E-state index is 0.423. The molecule has 0 N–H and O–H groups in total. The standard InChI is InChI=1S/C17H14N4/c1-21-19-16(14-5-3-2-4-6-14)17(20-21)15-9-7-13(8-10-15)11-12-18/h2-10H,11H2,1H3. The second-order valence-corrected chi connectivity index (χ2v) is 4.78. The predicted octanol–water partition coefficient (Wildman–Crippen LogP) is 3.22. The van der Waals surface area contributed by atoms with Crippen molar-refractivity contribution in [2.75, 3.05) is 0 Å². The van der Waals surface area contributed by atoms with Crippen molar-refractivity contribution in [1.29, 1.82) is 5.26 Å². The van der Waals surface area contributed by atoms with Crippen molar-refractivity contribution in [2.45, 2.75) is 6.42 Å². The van der Waals surface area contributed by atoms with Gasteiger partial charge in [-0.3, -0.25) is 0 Å². The average Bonchev–Trinajstić information content (AvgIpc) is 2.91. The quantitative estimate of drug-likeness (QED) is 0.737. The fourth-order valence-electron chi connectivity index (χ4n) is 2.26. The zero-order valence-electron chi connectivity index (χ0n) is 11.7. The molecule has 102 valence electrons. The lowest BCUT2D eigenvalue weighted by atomic mass is 10.0. The Morgan fingerprint density at radius 2 is 1.48 bits per heavy atom. The largest absolute Gasteiger partial charge is 0.198 e. The first kappa shape index (κ1) is 13.1. The Morgan fingerprint density at radius 3 is 2.05 bits per heavy atom. The lowest BCUT2D eigenvalue weighted by Crippen LogP contribution is -1.92. The zero-order valence-corrected chi connectivity index (χ0v) is 11.7. The smallest absolute Gasteiger partial charge is 0.121 e. The van der Waals surface area contributed by atoms with Crippen molar-refractivity contribution < 1.29 is 0 Å². The molecule has 4 heteroatoms. The fraction of sp³-hybridized carbons (Fsp3) is 0.118. The molecule has 0 saturated carbocycles. The highest BCUT2D eigenvalue weighted by molar-refractivity contribution is 5.77. The van der Waals surface area contributed by atoms with Crippen LogP contribution in [-0.4, -0.2) is 15.0 Å². The van der Waals surface area contributed by atoms with Crippen LogP contribution >= 0.6 is 0 Å². The molecule has 0 spiro atoms. The number of nitrogens with zero attached hydrogens (tertiary/aromatic N) is 4.